The fourth-order valence-corrected chi connectivity index (χ4v) is 6.31. The molecule has 2 aromatic carbocycles. The molecule has 2 aliphatic rings. The first-order valence-electron chi connectivity index (χ1n) is 16.8. The Morgan fingerprint density at radius 2 is 1.55 bits per heavy atom. The number of aliphatic carboxylic acids is 1. The van der Waals surface area contributed by atoms with E-state index in [4.69, 9.17) is 9.90 Å². The summed E-state index contributed by atoms with van der Waals surface area (Å²) in [7, 11) is 2.12. The summed E-state index contributed by atoms with van der Waals surface area (Å²) >= 11 is 0. The van der Waals surface area contributed by atoms with Crippen molar-refractivity contribution in [1.29, 1.82) is 0 Å². The Balaban J connectivity index is 0.000000815. The van der Waals surface area contributed by atoms with Crippen molar-refractivity contribution in [3.05, 3.63) is 65.9 Å². The lowest BCUT2D eigenvalue weighted by Crippen LogP contribution is -2.45. The number of ether oxygens (including phenoxy) is 1. The van der Waals surface area contributed by atoms with E-state index in [1.165, 1.54) is 23.1 Å². The van der Waals surface area contributed by atoms with Crippen LogP contribution < -0.4 is 10.1 Å². The van der Waals surface area contributed by atoms with Crippen LogP contribution in [0.4, 0.5) is 31.1 Å². The maximum Gasteiger partial charge on any atom is 0.573 e. The number of benzene rings is 2. The third-order valence-corrected chi connectivity index (χ3v) is 8.94. The highest BCUT2D eigenvalue weighted by Gasteiger charge is 2.38. The summed E-state index contributed by atoms with van der Waals surface area (Å²) < 4.78 is 77.3. The van der Waals surface area contributed by atoms with Crippen LogP contribution in [0, 0.1) is 0 Å². The van der Waals surface area contributed by atoms with E-state index in [9.17, 15) is 41.0 Å². The highest BCUT2D eigenvalue weighted by Crippen LogP contribution is 2.41. The van der Waals surface area contributed by atoms with E-state index in [0.29, 0.717) is 42.8 Å². The molecule has 1 atom stereocenters. The molecular weight excluding hydrogens is 712 g/mol. The third kappa shape index (κ3) is 11.1. The Morgan fingerprint density at radius 1 is 0.925 bits per heavy atom. The second kappa shape index (κ2) is 16.5. The highest BCUT2D eigenvalue weighted by molar-refractivity contribution is 5.98. The number of hydrogen-bond donors (Lipinski definition) is 3. The molecule has 5 rings (SSSR count). The molecule has 0 saturated carbocycles. The van der Waals surface area contributed by atoms with Crippen molar-refractivity contribution >= 4 is 18.0 Å². The topological polar surface area (TPSA) is 128 Å². The second-order valence-corrected chi connectivity index (χ2v) is 13.9. The molecule has 1 saturated heterocycles. The Labute approximate surface area is 302 Å². The number of nitrogens with zero attached hydrogens (tertiary/aromatic N) is 4. The number of rotatable bonds is 9. The summed E-state index contributed by atoms with van der Waals surface area (Å²) in [6.07, 6.45) is -9.79. The zero-order valence-corrected chi connectivity index (χ0v) is 29.7. The highest BCUT2D eigenvalue weighted by atomic mass is 19.4. The van der Waals surface area contributed by atoms with Gasteiger partial charge in [-0.3, -0.25) is 9.69 Å². The minimum absolute atomic E-state index is 0.202. The van der Waals surface area contributed by atoms with Crippen LogP contribution in [0.2, 0.25) is 0 Å². The fraction of sp³-hybridized carbons (Fsp3) is 0.472. The lowest BCUT2D eigenvalue weighted by Gasteiger charge is -2.34. The molecule has 3 heterocycles. The predicted molar refractivity (Wildman–Crippen MR) is 184 cm³/mol. The number of carbonyl (C=O) groups excluding carboxylic acids is 1. The third-order valence-electron chi connectivity index (χ3n) is 8.94. The number of piperazine rings is 1. The number of amides is 2. The van der Waals surface area contributed by atoms with Gasteiger partial charge in [-0.2, -0.15) is 13.2 Å². The Hall–Kier alpha value is -4.77. The summed E-state index contributed by atoms with van der Waals surface area (Å²) in [6, 6.07) is 15.4. The smallest absolute Gasteiger partial charge is 0.475 e. The van der Waals surface area contributed by atoms with Crippen LogP contribution in [0.1, 0.15) is 55.7 Å². The Kier molecular flexibility index (Phi) is 12.8. The van der Waals surface area contributed by atoms with Crippen LogP contribution in [0.25, 0.3) is 22.4 Å². The van der Waals surface area contributed by atoms with Crippen molar-refractivity contribution in [1.82, 2.24) is 24.6 Å². The SMILES string of the molecule is CN1CCN(Cc2ccc(-c3c(-c4cccc(OC(F)(F)F)c4)cc4n3[C@@H](CCCN(C(=O)O)C(C)(C)C)CNC4=O)cc2)CC1.O=C(O)C(F)(F)F. The van der Waals surface area contributed by atoms with E-state index < -0.39 is 30.1 Å². The van der Waals surface area contributed by atoms with Crippen LogP contribution in [0.3, 0.4) is 0 Å². The molecule has 17 heteroatoms. The number of carboxylic acids is 1. The lowest BCUT2D eigenvalue weighted by atomic mass is 9.99. The maximum absolute atomic E-state index is 13.2. The molecule has 53 heavy (non-hydrogen) atoms. The van der Waals surface area contributed by atoms with Gasteiger partial charge in [-0.05, 0) is 75.5 Å². The van der Waals surface area contributed by atoms with Gasteiger partial charge in [-0.1, -0.05) is 36.4 Å². The predicted octanol–water partition coefficient (Wildman–Crippen LogP) is 6.94. The van der Waals surface area contributed by atoms with Crippen molar-refractivity contribution in [3.63, 3.8) is 0 Å². The Morgan fingerprint density at radius 3 is 2.09 bits per heavy atom. The summed E-state index contributed by atoms with van der Waals surface area (Å²) in [4.78, 5) is 40.2. The molecule has 1 fully saturated rings. The number of carbonyl (C=O) groups is 3. The van der Waals surface area contributed by atoms with Crippen molar-refractivity contribution < 1.29 is 55.7 Å². The van der Waals surface area contributed by atoms with Gasteiger partial charge in [-0.15, -0.1) is 13.2 Å². The summed E-state index contributed by atoms with van der Waals surface area (Å²) in [5.41, 5.74) is 3.61. The van der Waals surface area contributed by atoms with Gasteiger partial charge in [0.05, 0.1) is 11.7 Å². The van der Waals surface area contributed by atoms with Crippen LogP contribution in [0.15, 0.2) is 54.6 Å². The first kappa shape index (κ1) is 41.0. The van der Waals surface area contributed by atoms with Crippen LogP contribution in [-0.2, 0) is 11.3 Å². The molecule has 0 aliphatic carbocycles. The number of aromatic nitrogens is 1. The zero-order valence-electron chi connectivity index (χ0n) is 29.7. The van der Waals surface area contributed by atoms with Gasteiger partial charge in [0.15, 0.2) is 0 Å². The Bertz CT molecular complexity index is 1740. The molecule has 0 bridgehead atoms. The normalized spacial score (nSPS) is 16.9. The van der Waals surface area contributed by atoms with Crippen molar-refractivity contribution in [2.24, 2.45) is 0 Å². The van der Waals surface area contributed by atoms with Gasteiger partial charge in [0.1, 0.15) is 11.4 Å². The van der Waals surface area contributed by atoms with Gasteiger partial charge in [0, 0.05) is 56.9 Å². The molecule has 11 nitrogen and oxygen atoms in total. The molecule has 1 aromatic heterocycles. The number of halogens is 6. The lowest BCUT2D eigenvalue weighted by molar-refractivity contribution is -0.274. The monoisotopic (exact) mass is 755 g/mol. The van der Waals surface area contributed by atoms with E-state index in [-0.39, 0.29) is 17.7 Å². The van der Waals surface area contributed by atoms with Gasteiger partial charge in [-0.25, -0.2) is 9.59 Å². The molecule has 0 spiro atoms. The van der Waals surface area contributed by atoms with Crippen LogP contribution in [-0.4, -0.2) is 112 Å². The molecule has 2 amide bonds. The average molecular weight is 756 g/mol. The first-order chi connectivity index (χ1) is 24.6. The molecule has 2 aliphatic heterocycles. The van der Waals surface area contributed by atoms with Gasteiger partial charge in [0.25, 0.3) is 5.91 Å². The number of nitrogens with one attached hydrogen (secondary N) is 1. The number of alkyl halides is 6. The van der Waals surface area contributed by atoms with E-state index >= 15 is 0 Å². The molecule has 0 unspecified atom stereocenters. The van der Waals surface area contributed by atoms with Crippen molar-refractivity contribution in [2.75, 3.05) is 46.3 Å². The minimum Gasteiger partial charge on any atom is -0.475 e. The average Bonchev–Trinajstić information content (AvgIpc) is 3.46. The van der Waals surface area contributed by atoms with E-state index in [2.05, 4.69) is 39.0 Å². The standard InChI is InChI=1S/C34H42F3N5O4.C2HF3O2/c1-33(2,3)41(32(44)45)14-6-8-26-21-38-31(43)29-20-28(25-7-5-9-27(19-25)46-34(35,36)37)30(42(26)29)24-12-10-23(11-13-24)22-40-17-15-39(4)16-18-40;3-2(4,5)1(6)7/h5,7,9-13,19-20,26H,6,8,14-18,21-22H2,1-4H3,(H,38,43)(H,44,45);(H,6,7)/t26-;/m0./s1. The summed E-state index contributed by atoms with van der Waals surface area (Å²) in [5, 5.41) is 19.8. The van der Waals surface area contributed by atoms with E-state index in [0.717, 1.165) is 49.5 Å². The molecular formula is C36H43F6N5O6. The van der Waals surface area contributed by atoms with Crippen molar-refractivity contribution in [2.45, 2.75) is 64.3 Å². The molecule has 3 N–H and O–H groups in total. The van der Waals surface area contributed by atoms with Gasteiger partial charge in [0.2, 0.25) is 0 Å². The maximum atomic E-state index is 13.2. The molecule has 3 aromatic rings. The van der Waals surface area contributed by atoms with Gasteiger partial charge < -0.3 is 34.6 Å². The number of carboxylic acid groups (broad SMARTS) is 2. The first-order valence-corrected chi connectivity index (χ1v) is 16.8. The van der Waals surface area contributed by atoms with Crippen LogP contribution in [0.5, 0.6) is 5.75 Å². The number of fused-ring (bicyclic) bond motifs is 1. The summed E-state index contributed by atoms with van der Waals surface area (Å²) in [6.45, 7) is 11.0. The zero-order chi connectivity index (χ0) is 39.3. The minimum atomic E-state index is -5.08. The number of hydrogen-bond acceptors (Lipinski definition) is 6. The van der Waals surface area contributed by atoms with E-state index in [1.807, 2.05) is 37.5 Å². The molecule has 290 valence electrons. The van der Waals surface area contributed by atoms with Gasteiger partial charge >= 0.3 is 24.6 Å². The fourth-order valence-electron chi connectivity index (χ4n) is 6.31. The second-order valence-electron chi connectivity index (χ2n) is 13.9. The summed E-state index contributed by atoms with van der Waals surface area (Å²) in [5.74, 6) is -3.38. The quantitative estimate of drug-likeness (QED) is 0.201. The number of likely N-dealkylation sites (N-methyl/N-ethyl adjacent to an activating group) is 1. The van der Waals surface area contributed by atoms with Crippen LogP contribution >= 0.6 is 0 Å². The van der Waals surface area contributed by atoms with E-state index in [1.54, 1.807) is 12.1 Å². The molecule has 0 radical (unpaired) electrons. The van der Waals surface area contributed by atoms with Crippen molar-refractivity contribution in [3.8, 4) is 28.1 Å². The largest absolute Gasteiger partial charge is 0.573 e.